The standard InChI is InChI=1S/C38H41NO12/c40-18-17-39-35(45)25-20-28(34-29(21-25)50-38(51-34,26-9-3-1-4-10-26)27-11-5-2-6-12-27)48-36(46)24-15-13-23(14-16-24)8-7-19-47-37-33(44)32(43)31(42)30(22-41)49-37/h1-16,21,28-34,37,40-44H,17-20,22H2,(H,39,45)/t28-,29-,30-,31+,32+,33-,34+,37+/m1/s1. The third-order valence-electron chi connectivity index (χ3n) is 9.00. The monoisotopic (exact) mass is 703 g/mol. The summed E-state index contributed by atoms with van der Waals surface area (Å²) in [5.41, 5.74) is 2.79. The van der Waals surface area contributed by atoms with Crippen LogP contribution in [0.5, 0.6) is 0 Å². The van der Waals surface area contributed by atoms with E-state index in [1.165, 1.54) is 0 Å². The molecule has 1 amide bonds. The molecule has 2 aliphatic heterocycles. The predicted octanol–water partition coefficient (Wildman–Crippen LogP) is 1.17. The summed E-state index contributed by atoms with van der Waals surface area (Å²) in [6, 6.07) is 25.4. The molecule has 0 saturated carbocycles. The molecule has 8 atom stereocenters. The van der Waals surface area contributed by atoms with E-state index in [0.717, 1.165) is 16.7 Å². The molecule has 3 aliphatic rings. The van der Waals surface area contributed by atoms with Gasteiger partial charge in [-0.2, -0.15) is 0 Å². The fourth-order valence-corrected chi connectivity index (χ4v) is 6.35. The van der Waals surface area contributed by atoms with E-state index in [4.69, 9.17) is 23.7 Å². The normalized spacial score (nSPS) is 28.5. The van der Waals surface area contributed by atoms with E-state index in [1.807, 2.05) is 60.7 Å². The van der Waals surface area contributed by atoms with Crippen LogP contribution in [0.2, 0.25) is 0 Å². The number of rotatable bonds is 12. The number of aliphatic hydroxyl groups excluding tert-OH is 5. The Bertz CT molecular complexity index is 1640. The molecule has 13 nitrogen and oxygen atoms in total. The summed E-state index contributed by atoms with van der Waals surface area (Å²) in [6.07, 6.45) is -4.14. The molecule has 3 aromatic carbocycles. The molecule has 2 fully saturated rings. The molecule has 51 heavy (non-hydrogen) atoms. The number of carbonyl (C=O) groups is 2. The van der Waals surface area contributed by atoms with Crippen LogP contribution in [0, 0.1) is 0 Å². The van der Waals surface area contributed by atoms with E-state index in [9.17, 15) is 35.1 Å². The van der Waals surface area contributed by atoms with Crippen molar-refractivity contribution in [2.75, 3.05) is 26.4 Å². The summed E-state index contributed by atoms with van der Waals surface area (Å²) in [7, 11) is 0. The zero-order valence-electron chi connectivity index (χ0n) is 27.6. The summed E-state index contributed by atoms with van der Waals surface area (Å²) < 4.78 is 30.3. The Morgan fingerprint density at radius 3 is 2.16 bits per heavy atom. The van der Waals surface area contributed by atoms with Crippen molar-refractivity contribution in [2.24, 2.45) is 0 Å². The Hall–Kier alpha value is -4.28. The lowest BCUT2D eigenvalue weighted by molar-refractivity contribution is -0.298. The summed E-state index contributed by atoms with van der Waals surface area (Å²) >= 11 is 0. The van der Waals surface area contributed by atoms with Gasteiger partial charge in [-0.15, -0.1) is 0 Å². The van der Waals surface area contributed by atoms with Gasteiger partial charge in [-0.25, -0.2) is 4.79 Å². The lowest BCUT2D eigenvalue weighted by atomic mass is 9.91. The third-order valence-corrected chi connectivity index (χ3v) is 9.00. The summed E-state index contributed by atoms with van der Waals surface area (Å²) in [6.45, 7) is -0.748. The van der Waals surface area contributed by atoms with Crippen molar-refractivity contribution in [3.8, 4) is 0 Å². The molecule has 2 heterocycles. The number of amides is 1. The smallest absolute Gasteiger partial charge is 0.338 e. The van der Waals surface area contributed by atoms with Crippen molar-refractivity contribution in [3.05, 3.63) is 125 Å². The maximum Gasteiger partial charge on any atom is 0.338 e. The van der Waals surface area contributed by atoms with Gasteiger partial charge in [0.25, 0.3) is 0 Å². The molecule has 1 aliphatic carbocycles. The maximum absolute atomic E-state index is 13.5. The Balaban J connectivity index is 1.15. The van der Waals surface area contributed by atoms with E-state index in [0.29, 0.717) is 5.57 Å². The molecule has 2 saturated heterocycles. The molecule has 3 aromatic rings. The van der Waals surface area contributed by atoms with Crippen LogP contribution < -0.4 is 5.32 Å². The second-order valence-electron chi connectivity index (χ2n) is 12.4. The minimum absolute atomic E-state index is 0.0199. The van der Waals surface area contributed by atoms with Gasteiger partial charge >= 0.3 is 5.97 Å². The van der Waals surface area contributed by atoms with Crippen molar-refractivity contribution < 1.29 is 58.8 Å². The molecule has 0 radical (unpaired) electrons. The zero-order valence-corrected chi connectivity index (χ0v) is 27.6. The summed E-state index contributed by atoms with van der Waals surface area (Å²) in [5, 5.41) is 51.3. The van der Waals surface area contributed by atoms with E-state index in [-0.39, 0.29) is 31.7 Å². The van der Waals surface area contributed by atoms with Gasteiger partial charge in [0, 0.05) is 29.7 Å². The second kappa shape index (κ2) is 16.4. The van der Waals surface area contributed by atoms with Crippen molar-refractivity contribution in [3.63, 3.8) is 0 Å². The van der Waals surface area contributed by atoms with Crippen LogP contribution in [-0.2, 0) is 34.3 Å². The molecule has 0 spiro atoms. The van der Waals surface area contributed by atoms with Gasteiger partial charge in [-0.3, -0.25) is 4.79 Å². The molecule has 6 rings (SSSR count). The topological polar surface area (TPSA) is 193 Å². The first-order valence-corrected chi connectivity index (χ1v) is 16.7. The lowest BCUT2D eigenvalue weighted by Gasteiger charge is -2.39. The SMILES string of the molecule is O=C(NCCO)C1=C[C@H]2OC(c3ccccc3)(c3ccccc3)O[C@H]2[C@H](OC(=O)c2ccc(C=CCO[C@H]3O[C@H](CO)[C@H](O)[C@H](O)[C@H]3O)cc2)C1. The first kappa shape index (κ1) is 36.5. The minimum Gasteiger partial charge on any atom is -0.456 e. The number of hydrogen-bond acceptors (Lipinski definition) is 12. The van der Waals surface area contributed by atoms with Crippen LogP contribution >= 0.6 is 0 Å². The molecule has 0 bridgehead atoms. The van der Waals surface area contributed by atoms with Gasteiger partial charge in [0.05, 0.1) is 25.4 Å². The quantitative estimate of drug-likeness (QED) is 0.148. The first-order valence-electron chi connectivity index (χ1n) is 16.7. The minimum atomic E-state index is -1.54. The van der Waals surface area contributed by atoms with Crippen molar-refractivity contribution in [2.45, 2.75) is 61.2 Å². The zero-order chi connectivity index (χ0) is 36.0. The van der Waals surface area contributed by atoms with Crippen LogP contribution in [0.15, 0.2) is 103 Å². The van der Waals surface area contributed by atoms with Gasteiger partial charge in [-0.05, 0) is 23.8 Å². The van der Waals surface area contributed by atoms with E-state index in [1.54, 1.807) is 42.5 Å². The average molecular weight is 704 g/mol. The highest BCUT2D eigenvalue weighted by atomic mass is 16.8. The Morgan fingerprint density at radius 1 is 0.863 bits per heavy atom. The third kappa shape index (κ3) is 7.97. The van der Waals surface area contributed by atoms with E-state index >= 15 is 0 Å². The van der Waals surface area contributed by atoms with E-state index in [2.05, 4.69) is 5.32 Å². The van der Waals surface area contributed by atoms with E-state index < -0.39 is 73.3 Å². The van der Waals surface area contributed by atoms with Gasteiger partial charge in [0.2, 0.25) is 11.7 Å². The molecular formula is C38H41NO12. The number of carbonyl (C=O) groups excluding carboxylic acids is 2. The highest BCUT2D eigenvalue weighted by molar-refractivity contribution is 5.94. The lowest BCUT2D eigenvalue weighted by Crippen LogP contribution is -2.59. The first-order chi connectivity index (χ1) is 24.7. The van der Waals surface area contributed by atoms with Crippen LogP contribution in [0.1, 0.15) is 33.5 Å². The number of fused-ring (bicyclic) bond motifs is 1. The van der Waals surface area contributed by atoms with Crippen LogP contribution in [0.25, 0.3) is 6.08 Å². The highest BCUT2D eigenvalue weighted by Crippen LogP contribution is 2.47. The predicted molar refractivity (Wildman–Crippen MR) is 181 cm³/mol. The fourth-order valence-electron chi connectivity index (χ4n) is 6.35. The molecule has 270 valence electrons. The highest BCUT2D eigenvalue weighted by Gasteiger charge is 2.55. The Morgan fingerprint density at radius 2 is 1.53 bits per heavy atom. The number of aliphatic hydroxyl groups is 5. The molecule has 6 N–H and O–H groups in total. The van der Waals surface area contributed by atoms with Gasteiger partial charge in [-0.1, -0.05) is 84.9 Å². The number of hydrogen-bond donors (Lipinski definition) is 6. The molecule has 0 unspecified atom stereocenters. The van der Waals surface area contributed by atoms with Gasteiger partial charge < -0.3 is 54.5 Å². The van der Waals surface area contributed by atoms with Crippen LogP contribution in [0.4, 0.5) is 0 Å². The Kier molecular flexibility index (Phi) is 11.7. The molecule has 13 heteroatoms. The summed E-state index contributed by atoms with van der Waals surface area (Å²) in [4.78, 5) is 26.6. The van der Waals surface area contributed by atoms with Crippen LogP contribution in [-0.4, -0.2) is 113 Å². The summed E-state index contributed by atoms with van der Waals surface area (Å²) in [5.74, 6) is -2.37. The Labute approximate surface area is 294 Å². The molecule has 0 aromatic heterocycles. The van der Waals surface area contributed by atoms with Gasteiger partial charge in [0.15, 0.2) is 6.29 Å². The fraction of sp³-hybridized carbons (Fsp3) is 0.368. The number of benzene rings is 3. The van der Waals surface area contributed by atoms with Crippen molar-refractivity contribution >= 4 is 18.0 Å². The second-order valence-corrected chi connectivity index (χ2v) is 12.4. The van der Waals surface area contributed by atoms with Gasteiger partial charge in [0.1, 0.15) is 42.7 Å². The number of ether oxygens (including phenoxy) is 5. The average Bonchev–Trinajstić information content (AvgIpc) is 3.57. The molecular weight excluding hydrogens is 662 g/mol. The maximum atomic E-state index is 13.5. The van der Waals surface area contributed by atoms with Crippen LogP contribution in [0.3, 0.4) is 0 Å². The number of nitrogens with one attached hydrogen (secondary N) is 1. The largest absolute Gasteiger partial charge is 0.456 e. The van der Waals surface area contributed by atoms with Crippen molar-refractivity contribution in [1.82, 2.24) is 5.32 Å². The van der Waals surface area contributed by atoms with Crippen molar-refractivity contribution in [1.29, 1.82) is 0 Å². The number of esters is 1.